The largest absolute Gasteiger partial charge is 0.503 e. The first-order valence-electron chi connectivity index (χ1n) is 3.79. The van der Waals surface area contributed by atoms with E-state index in [4.69, 9.17) is 36.5 Å². The van der Waals surface area contributed by atoms with Crippen LogP contribution in [0.1, 0.15) is 6.92 Å². The number of aliphatic carboxylic acids is 1. The topological polar surface area (TPSA) is 107 Å². The lowest BCUT2D eigenvalue weighted by Gasteiger charge is -1.79. The zero-order chi connectivity index (χ0) is 12.4. The molecule has 0 aliphatic carbocycles. The van der Waals surface area contributed by atoms with Gasteiger partial charge in [0, 0.05) is 5.57 Å². The Hall–Kier alpha value is -1.27. The molecule has 0 aromatic carbocycles. The molecule has 3 N–H and O–H groups in total. The fourth-order valence-electron chi connectivity index (χ4n) is 0.157. The molecule has 1 fully saturated rings. The number of rotatable bonds is 2. The van der Waals surface area contributed by atoms with Crippen molar-refractivity contribution in [3.63, 3.8) is 0 Å². The van der Waals surface area contributed by atoms with Gasteiger partial charge in [-0.1, -0.05) is 6.58 Å². The molecule has 0 saturated carbocycles. The van der Waals surface area contributed by atoms with Crippen molar-refractivity contribution in [2.45, 2.75) is 13.0 Å². The van der Waals surface area contributed by atoms with E-state index in [0.717, 1.165) is 6.61 Å². The van der Waals surface area contributed by atoms with Gasteiger partial charge in [-0.15, -0.1) is 11.6 Å². The Balaban J connectivity index is 0. The van der Waals surface area contributed by atoms with Crippen molar-refractivity contribution in [2.75, 3.05) is 12.5 Å². The van der Waals surface area contributed by atoms with Crippen molar-refractivity contribution < 1.29 is 29.6 Å². The van der Waals surface area contributed by atoms with Gasteiger partial charge in [-0.2, -0.15) is 0 Å². The predicted octanol–water partition coefficient (Wildman–Crippen LogP) is 1.49. The number of carbonyl (C=O) groups is 2. The van der Waals surface area contributed by atoms with Crippen LogP contribution < -0.4 is 0 Å². The number of halogens is 1. The number of epoxide rings is 1. The van der Waals surface area contributed by atoms with Gasteiger partial charge in [0.1, 0.15) is 0 Å². The quantitative estimate of drug-likeness (QED) is 0.383. The van der Waals surface area contributed by atoms with Crippen molar-refractivity contribution in [1.82, 2.24) is 0 Å². The molecule has 1 aliphatic rings. The Bertz CT molecular complexity index is 207. The molecule has 0 spiro atoms. The second-order valence-electron chi connectivity index (χ2n) is 2.48. The van der Waals surface area contributed by atoms with Crippen molar-refractivity contribution in [3.8, 4) is 0 Å². The lowest BCUT2D eigenvalue weighted by Crippen LogP contribution is -1.92. The Morgan fingerprint density at radius 3 is 1.73 bits per heavy atom. The van der Waals surface area contributed by atoms with Gasteiger partial charge >= 0.3 is 12.1 Å². The van der Waals surface area contributed by atoms with Crippen molar-refractivity contribution in [2.24, 2.45) is 0 Å². The summed E-state index contributed by atoms with van der Waals surface area (Å²) < 4.78 is 4.73. The van der Waals surface area contributed by atoms with E-state index >= 15 is 0 Å². The van der Waals surface area contributed by atoms with Gasteiger partial charge in [-0.05, 0) is 6.92 Å². The van der Waals surface area contributed by atoms with Gasteiger partial charge in [-0.3, -0.25) is 0 Å². The summed E-state index contributed by atoms with van der Waals surface area (Å²) in [7, 11) is 0. The second-order valence-corrected chi connectivity index (χ2v) is 2.79. The minimum atomic E-state index is -1.83. The average molecular weight is 241 g/mol. The Morgan fingerprint density at radius 1 is 1.47 bits per heavy atom. The maximum Gasteiger partial charge on any atom is 0.503 e. The number of hydrogen-bond donors (Lipinski definition) is 3. The van der Waals surface area contributed by atoms with Crippen LogP contribution in [0.25, 0.3) is 0 Å². The maximum atomic E-state index is 9.60. The molecular weight excluding hydrogens is 228 g/mol. The Labute approximate surface area is 91.7 Å². The average Bonchev–Trinajstić information content (AvgIpc) is 2.86. The molecule has 1 saturated heterocycles. The van der Waals surface area contributed by atoms with E-state index in [2.05, 4.69) is 6.58 Å². The summed E-state index contributed by atoms with van der Waals surface area (Å²) in [6, 6.07) is 0. The first-order valence-corrected chi connectivity index (χ1v) is 4.33. The normalized spacial score (nSPS) is 16.0. The standard InChI is InChI=1S/C4H6O2.C3H5ClO.CH2O3/c1-3(2)4(5)6;4-1-3-2-5-3;2-1(3)4/h1H2,2H3,(H,5,6);3H,1-2H2;(H2,2,3,4). The van der Waals surface area contributed by atoms with Gasteiger partial charge in [0.25, 0.3) is 0 Å². The number of hydrogen-bond acceptors (Lipinski definition) is 3. The Kier molecular flexibility index (Phi) is 10.0. The van der Waals surface area contributed by atoms with E-state index in [-0.39, 0.29) is 5.57 Å². The third kappa shape index (κ3) is 24.5. The zero-order valence-electron chi connectivity index (χ0n) is 8.14. The summed E-state index contributed by atoms with van der Waals surface area (Å²) >= 11 is 5.27. The van der Waals surface area contributed by atoms with Crippen LogP contribution in [0.15, 0.2) is 12.2 Å². The van der Waals surface area contributed by atoms with E-state index < -0.39 is 12.1 Å². The summed E-state index contributed by atoms with van der Waals surface area (Å²) in [5.74, 6) is -0.269. The summed E-state index contributed by atoms with van der Waals surface area (Å²) in [5.41, 5.74) is 0.176. The minimum Gasteiger partial charge on any atom is -0.478 e. The van der Waals surface area contributed by atoms with Crippen LogP contribution in [-0.4, -0.2) is 46.0 Å². The van der Waals surface area contributed by atoms with Crippen LogP contribution in [0.5, 0.6) is 0 Å². The number of carboxylic acid groups (broad SMARTS) is 3. The predicted molar refractivity (Wildman–Crippen MR) is 53.6 cm³/mol. The minimum absolute atomic E-state index is 0.176. The lowest BCUT2D eigenvalue weighted by molar-refractivity contribution is -0.132. The molecule has 0 amide bonds. The Morgan fingerprint density at radius 2 is 1.73 bits per heavy atom. The molecule has 1 heterocycles. The molecule has 88 valence electrons. The maximum absolute atomic E-state index is 9.60. The summed E-state index contributed by atoms with van der Waals surface area (Å²) in [5, 5.41) is 21.8. The van der Waals surface area contributed by atoms with Gasteiger partial charge in [0.15, 0.2) is 0 Å². The van der Waals surface area contributed by atoms with Gasteiger partial charge in [0.2, 0.25) is 0 Å². The molecule has 0 radical (unpaired) electrons. The molecule has 6 nitrogen and oxygen atoms in total. The SMILES string of the molecule is C=C(C)C(=O)O.ClCC1CO1.O=C(O)O. The zero-order valence-corrected chi connectivity index (χ0v) is 8.90. The van der Waals surface area contributed by atoms with Crippen LogP contribution in [0, 0.1) is 0 Å². The molecule has 0 aromatic rings. The lowest BCUT2D eigenvalue weighted by atomic mass is 10.4. The molecule has 1 aliphatic heterocycles. The van der Waals surface area contributed by atoms with Crippen LogP contribution in [0.2, 0.25) is 0 Å². The van der Waals surface area contributed by atoms with Crippen molar-refractivity contribution in [1.29, 1.82) is 0 Å². The van der Waals surface area contributed by atoms with Crippen LogP contribution >= 0.6 is 11.6 Å². The summed E-state index contributed by atoms with van der Waals surface area (Å²) in [6.07, 6.45) is -1.43. The van der Waals surface area contributed by atoms with E-state index in [9.17, 15) is 4.79 Å². The van der Waals surface area contributed by atoms with Gasteiger partial charge < -0.3 is 20.1 Å². The van der Waals surface area contributed by atoms with E-state index in [1.165, 1.54) is 6.92 Å². The molecule has 1 atom stereocenters. The fourth-order valence-corrected chi connectivity index (χ4v) is 0.335. The third-order valence-corrected chi connectivity index (χ3v) is 1.28. The first kappa shape index (κ1) is 16.2. The van der Waals surface area contributed by atoms with Crippen molar-refractivity contribution >= 4 is 23.7 Å². The van der Waals surface area contributed by atoms with Gasteiger partial charge in [0.05, 0.1) is 18.6 Å². The highest BCUT2D eigenvalue weighted by molar-refractivity contribution is 6.18. The molecule has 15 heavy (non-hydrogen) atoms. The molecule has 1 rings (SSSR count). The molecule has 0 bridgehead atoms. The number of ether oxygens (including phenoxy) is 1. The molecular formula is C8H13ClO6. The summed E-state index contributed by atoms with van der Waals surface area (Å²) in [6.45, 7) is 5.48. The highest BCUT2D eigenvalue weighted by Crippen LogP contribution is 2.08. The van der Waals surface area contributed by atoms with Crippen LogP contribution in [0.3, 0.4) is 0 Å². The highest BCUT2D eigenvalue weighted by atomic mass is 35.5. The number of alkyl halides is 1. The van der Waals surface area contributed by atoms with Crippen LogP contribution in [0.4, 0.5) is 4.79 Å². The molecule has 1 unspecified atom stereocenters. The van der Waals surface area contributed by atoms with Gasteiger partial charge in [-0.25, -0.2) is 9.59 Å². The highest BCUT2D eigenvalue weighted by Gasteiger charge is 2.19. The van der Waals surface area contributed by atoms with E-state index in [1.54, 1.807) is 0 Å². The smallest absolute Gasteiger partial charge is 0.478 e. The van der Waals surface area contributed by atoms with Crippen LogP contribution in [-0.2, 0) is 9.53 Å². The monoisotopic (exact) mass is 240 g/mol. The fraction of sp³-hybridized carbons (Fsp3) is 0.500. The number of carboxylic acids is 1. The molecule has 0 aromatic heterocycles. The third-order valence-electron chi connectivity index (χ3n) is 0.940. The molecule has 7 heteroatoms. The van der Waals surface area contributed by atoms with Crippen molar-refractivity contribution in [3.05, 3.63) is 12.2 Å². The first-order chi connectivity index (χ1) is 6.81. The van der Waals surface area contributed by atoms with E-state index in [1.807, 2.05) is 0 Å². The second kappa shape index (κ2) is 9.29. The van der Waals surface area contributed by atoms with E-state index in [0.29, 0.717) is 12.0 Å². The summed E-state index contributed by atoms with van der Waals surface area (Å²) in [4.78, 5) is 18.2.